The fraction of sp³-hybridized carbons (Fsp3) is 0.507. The topological polar surface area (TPSA) is 74.2 Å². The van der Waals surface area contributed by atoms with E-state index in [2.05, 4.69) is 144 Å². The number of halogens is 4. The molecule has 0 amide bonds. The van der Waals surface area contributed by atoms with Crippen LogP contribution >= 0.6 is 31.9 Å². The molecule has 0 radical (unpaired) electrons. The van der Waals surface area contributed by atoms with E-state index in [0.29, 0.717) is 44.1 Å². The van der Waals surface area contributed by atoms with E-state index in [1.807, 2.05) is 111 Å². The Balaban J connectivity index is -0.000000384. The number of hydrogen-bond acceptors (Lipinski definition) is 6. The molecule has 83 heavy (non-hydrogen) atoms. The number of aldehydes is 1. The van der Waals surface area contributed by atoms with Gasteiger partial charge in [-0.1, -0.05) is 205 Å². The summed E-state index contributed by atoms with van der Waals surface area (Å²) in [7, 11) is -3.50. The monoisotopic (exact) mass is 1340 g/mol. The number of hydrogen-bond donors (Lipinski definition) is 1. The van der Waals surface area contributed by atoms with E-state index in [1.165, 1.54) is 44.9 Å². The first-order valence-electron chi connectivity index (χ1n) is 28.7. The van der Waals surface area contributed by atoms with Crippen LogP contribution in [0.5, 0.6) is 11.5 Å². The molecule has 0 aromatic heterocycles. The summed E-state index contributed by atoms with van der Waals surface area (Å²) in [6, 6.07) is 27.6. The SMILES string of the molecule is C#CCC[C@H](CCCCC)O[Si](C)(C)C(C)(C)C.C=CCc1c(OCc2ccccc2)ccc(Br)c1C(O)C#CCC[C@H](CCCCC)O[Si](C)(C)C(C)(C)C.C=CCc1c(OCc2ccccc2)ccc(Br)c1C=O.C[CH-]C.[Cl-].[Cl-].[H-].[Li+].[Mg+2]. The van der Waals surface area contributed by atoms with E-state index in [0.717, 1.165) is 80.2 Å². The van der Waals surface area contributed by atoms with Gasteiger partial charge in [0.25, 0.3) is 0 Å². The van der Waals surface area contributed by atoms with Crippen LogP contribution in [0.1, 0.15) is 192 Å². The first kappa shape index (κ1) is 87.4. The van der Waals surface area contributed by atoms with Crippen molar-refractivity contribution in [1.82, 2.24) is 0 Å². The Hall–Kier alpha value is -2.03. The summed E-state index contributed by atoms with van der Waals surface area (Å²) in [5.41, 5.74) is 5.32. The predicted molar refractivity (Wildman–Crippen MR) is 358 cm³/mol. The maximum absolute atomic E-state index is 11.2. The van der Waals surface area contributed by atoms with Crippen molar-refractivity contribution in [3.63, 3.8) is 0 Å². The molecule has 0 heterocycles. The third-order valence-electron chi connectivity index (χ3n) is 14.3. The summed E-state index contributed by atoms with van der Waals surface area (Å²) in [6.45, 7) is 40.1. The van der Waals surface area contributed by atoms with E-state index in [4.69, 9.17) is 24.7 Å². The smallest absolute Gasteiger partial charge is 1.00 e. The number of benzene rings is 4. The number of carbonyl (C=O) groups excluding carboxylic acids is 1. The maximum Gasteiger partial charge on any atom is 2.00 e. The van der Waals surface area contributed by atoms with Crippen molar-refractivity contribution in [2.75, 3.05) is 0 Å². The number of aliphatic hydroxyl groups excluding tert-OH is 1. The number of terminal acetylenes is 1. The molecule has 4 rings (SSSR count). The minimum absolute atomic E-state index is 0. The average molecular weight is 1350 g/mol. The standard InChI is InChI=1S/C33H47BrO3Si.C17H15BrO2.C16H32OSi.C3H7.2ClH.Li.Mg.H/c1-8-10-12-20-27(37-38(6,7)33(3,4)5)21-15-16-22-30(35)32-28(17-9-2)31(24-23-29(32)34)36-25-26-18-13-11-14-19-26;1-2-6-14-15(11-19)16(18)9-10-17(14)20-12-13-7-4-3-5-8-13;1-8-10-12-14-15(13-11-9-2)17-18(6,7)16(3,4)5;1-3-2;;;;;/h9,11,13-14,18-19,23-24,27,30,35H,2,8,10,12,15,17,20-21,25H2,1,3-7H3;2-5,7-11H,1,6,12H2;2,15H,8,10-14H2,1,3-7H3;3H,1-2H3;2*1H;;;/q;;;-1;;;+1;+2;-1/p-2/t27-,30?;;15-;;;;;;/m0.1....../s1. The van der Waals surface area contributed by atoms with Gasteiger partial charge in [0.2, 0.25) is 0 Å². The van der Waals surface area contributed by atoms with Crippen molar-refractivity contribution < 1.29 is 73.3 Å². The summed E-state index contributed by atoms with van der Waals surface area (Å²) >= 11 is 7.02. The average Bonchev–Trinajstić information content (AvgIpc) is 3.41. The molecule has 1 N–H and O–H groups in total. The zero-order valence-electron chi connectivity index (χ0n) is 54.6. The van der Waals surface area contributed by atoms with Crippen molar-refractivity contribution in [3.05, 3.63) is 159 Å². The number of aliphatic hydroxyl groups is 1. The van der Waals surface area contributed by atoms with Crippen LogP contribution in [-0.2, 0) is 34.9 Å². The molecule has 0 aliphatic rings. The van der Waals surface area contributed by atoms with Gasteiger partial charge in [-0.05, 0) is 110 Å². The molecule has 4 aromatic rings. The van der Waals surface area contributed by atoms with Crippen LogP contribution in [0.4, 0.5) is 0 Å². The molecule has 0 aliphatic carbocycles. The number of carbonyl (C=O) groups is 1. The second-order valence-electron chi connectivity index (χ2n) is 23.1. The minimum atomic E-state index is -1.85. The molecule has 4 aromatic carbocycles. The van der Waals surface area contributed by atoms with Crippen LogP contribution in [0.25, 0.3) is 0 Å². The Kier molecular flexibility index (Phi) is 50.5. The molecule has 1 unspecified atom stereocenters. The van der Waals surface area contributed by atoms with E-state index < -0.39 is 22.7 Å². The predicted octanol–water partition coefficient (Wildman–Crippen LogP) is 11.5. The first-order valence-corrected chi connectivity index (χ1v) is 36.1. The van der Waals surface area contributed by atoms with E-state index >= 15 is 0 Å². The van der Waals surface area contributed by atoms with Gasteiger partial charge in [-0.3, -0.25) is 4.79 Å². The Morgan fingerprint density at radius 1 is 0.663 bits per heavy atom. The summed E-state index contributed by atoms with van der Waals surface area (Å²) < 4.78 is 26.9. The Morgan fingerprint density at radius 2 is 1.06 bits per heavy atom. The molecule has 14 heteroatoms. The van der Waals surface area contributed by atoms with Crippen LogP contribution in [0.15, 0.2) is 119 Å². The number of ether oxygens (including phenoxy) is 2. The Morgan fingerprint density at radius 3 is 1.45 bits per heavy atom. The van der Waals surface area contributed by atoms with Crippen LogP contribution in [0.2, 0.25) is 36.3 Å². The van der Waals surface area contributed by atoms with Gasteiger partial charge in [0.05, 0.1) is 0 Å². The molecule has 0 fully saturated rings. The third-order valence-corrected chi connectivity index (χ3v) is 24.8. The van der Waals surface area contributed by atoms with Crippen LogP contribution in [0, 0.1) is 30.6 Å². The van der Waals surface area contributed by atoms with Crippen LogP contribution in [0.3, 0.4) is 0 Å². The van der Waals surface area contributed by atoms with Crippen LogP contribution < -0.4 is 53.1 Å². The molecule has 6 nitrogen and oxygen atoms in total. The summed E-state index contributed by atoms with van der Waals surface area (Å²) in [5, 5.41) is 11.6. The van der Waals surface area contributed by atoms with Gasteiger partial charge in [0.1, 0.15) is 30.8 Å². The van der Waals surface area contributed by atoms with Crippen molar-refractivity contribution in [2.45, 2.75) is 227 Å². The van der Waals surface area contributed by atoms with Crippen molar-refractivity contribution in [3.8, 4) is 35.7 Å². The zero-order valence-corrected chi connectivity index (χ0v) is 61.7. The van der Waals surface area contributed by atoms with Gasteiger partial charge < -0.3 is 56.1 Å². The number of rotatable bonds is 28. The third kappa shape index (κ3) is 34.3. The van der Waals surface area contributed by atoms with Gasteiger partial charge in [-0.15, -0.1) is 31.4 Å². The number of unbranched alkanes of at least 4 members (excludes halogenated alkanes) is 4. The first-order chi connectivity index (χ1) is 37.4. The largest absolute Gasteiger partial charge is 2.00 e. The molecule has 3 atom stereocenters. The van der Waals surface area contributed by atoms with Gasteiger partial charge in [-0.25, -0.2) is 0 Å². The molecular formula is C69H102Br2Cl2LiMgO6Si2-. The fourth-order valence-corrected chi connectivity index (χ4v) is 11.7. The maximum atomic E-state index is 11.2. The summed E-state index contributed by atoms with van der Waals surface area (Å²) in [6.07, 6.45) is 25.8. The Bertz CT molecular complexity index is 2480. The van der Waals surface area contributed by atoms with Gasteiger partial charge in [0.15, 0.2) is 22.9 Å². The zero-order chi connectivity index (χ0) is 59.5. The van der Waals surface area contributed by atoms with E-state index in [-0.39, 0.29) is 84.3 Å². The second-order valence-corrected chi connectivity index (χ2v) is 34.3. The van der Waals surface area contributed by atoms with E-state index in [1.54, 1.807) is 6.08 Å². The molecule has 0 bridgehead atoms. The van der Waals surface area contributed by atoms with Crippen LogP contribution in [-0.4, -0.2) is 63.3 Å². The summed E-state index contributed by atoms with van der Waals surface area (Å²) in [4.78, 5) is 11.2. The van der Waals surface area contributed by atoms with Gasteiger partial charge in [-0.2, -0.15) is 13.8 Å². The Labute approximate surface area is 567 Å². The second kappa shape index (κ2) is 48.0. The van der Waals surface area contributed by atoms with E-state index in [9.17, 15) is 9.90 Å². The van der Waals surface area contributed by atoms with Gasteiger partial charge in [0, 0.05) is 56.2 Å². The molecular weight excluding hydrogens is 1240 g/mol. The van der Waals surface area contributed by atoms with Crippen molar-refractivity contribution in [2.24, 2.45) is 0 Å². The van der Waals surface area contributed by atoms with Crippen molar-refractivity contribution in [1.29, 1.82) is 0 Å². The fourth-order valence-electron chi connectivity index (χ4n) is 7.78. The number of allylic oxidation sites excluding steroid dienone is 2. The molecule has 0 spiro atoms. The molecule has 0 aliphatic heterocycles. The summed E-state index contributed by atoms with van der Waals surface area (Å²) in [5.74, 6) is 10.6. The molecule has 0 saturated heterocycles. The molecule has 454 valence electrons. The quantitative estimate of drug-likeness (QED) is 0.0153. The van der Waals surface area contributed by atoms with Crippen molar-refractivity contribution >= 4 is 77.8 Å². The van der Waals surface area contributed by atoms with Gasteiger partial charge >= 0.3 is 41.9 Å². The minimum Gasteiger partial charge on any atom is -1.00 e. The molecule has 0 saturated carbocycles. The normalized spacial score (nSPS) is 11.9.